The minimum atomic E-state index is -1.36. The Kier molecular flexibility index (Phi) is 8.67. The number of likely N-dealkylation sites (tertiary alicyclic amines) is 1. The van der Waals surface area contributed by atoms with Gasteiger partial charge in [0.15, 0.2) is 0 Å². The summed E-state index contributed by atoms with van der Waals surface area (Å²) in [6, 6.07) is -0.934. The Morgan fingerprint density at radius 3 is 2.56 bits per heavy atom. The molecule has 0 aliphatic carbocycles. The summed E-state index contributed by atoms with van der Waals surface area (Å²) in [6.07, 6.45) is -0.0980. The molecule has 1 unspecified atom stereocenters. The third-order valence-electron chi connectivity index (χ3n) is 5.63. The maximum absolute atomic E-state index is 12.9. The number of aliphatic hydroxyl groups excluding tert-OH is 3. The second-order valence-corrected chi connectivity index (χ2v) is 9.36. The fourth-order valence-electron chi connectivity index (χ4n) is 4.11. The van der Waals surface area contributed by atoms with Crippen molar-refractivity contribution >= 4 is 29.3 Å². The van der Waals surface area contributed by atoms with Crippen LogP contribution in [0.2, 0.25) is 0 Å². The molecule has 158 valence electrons. The Morgan fingerprint density at radius 1 is 1.33 bits per heavy atom. The normalized spacial score (nSPS) is 39.9. The van der Waals surface area contributed by atoms with Crippen molar-refractivity contribution < 1.29 is 24.9 Å². The predicted octanol–water partition coefficient (Wildman–Crippen LogP) is 0.390. The number of carbonyl (C=O) groups is 1. The quantitative estimate of drug-likeness (QED) is 0.438. The third kappa shape index (κ3) is 5.29. The molecule has 2 aliphatic rings. The Balaban J connectivity index is 2.09. The van der Waals surface area contributed by atoms with Gasteiger partial charge in [-0.15, -0.1) is 23.4 Å². The highest BCUT2D eigenvalue weighted by Gasteiger charge is 2.48. The molecule has 0 bridgehead atoms. The van der Waals surface area contributed by atoms with E-state index in [0.717, 1.165) is 25.8 Å². The zero-order chi connectivity index (χ0) is 20.3. The fourth-order valence-corrected chi connectivity index (χ4v) is 5.00. The second kappa shape index (κ2) is 10.1. The van der Waals surface area contributed by atoms with Crippen molar-refractivity contribution in [2.75, 3.05) is 19.8 Å². The zero-order valence-electron chi connectivity index (χ0n) is 16.4. The molecule has 2 saturated heterocycles. The van der Waals surface area contributed by atoms with Gasteiger partial charge in [-0.3, -0.25) is 9.69 Å². The van der Waals surface area contributed by atoms with Crippen molar-refractivity contribution in [3.05, 3.63) is 0 Å². The first-order valence-corrected chi connectivity index (χ1v) is 11.3. The van der Waals surface area contributed by atoms with Crippen LogP contribution in [0.15, 0.2) is 0 Å². The lowest BCUT2D eigenvalue weighted by Crippen LogP contribution is -2.65. The summed E-state index contributed by atoms with van der Waals surface area (Å²) in [5.74, 6) is 0.350. The van der Waals surface area contributed by atoms with E-state index < -0.39 is 41.3 Å². The van der Waals surface area contributed by atoms with Gasteiger partial charge < -0.3 is 25.4 Å². The van der Waals surface area contributed by atoms with E-state index in [-0.39, 0.29) is 11.9 Å². The number of hydrogen-bond acceptors (Lipinski definition) is 7. The van der Waals surface area contributed by atoms with Crippen molar-refractivity contribution in [1.29, 1.82) is 0 Å². The van der Waals surface area contributed by atoms with Crippen molar-refractivity contribution in [1.82, 2.24) is 10.2 Å². The minimum Gasteiger partial charge on any atom is -0.388 e. The van der Waals surface area contributed by atoms with Gasteiger partial charge in [0.05, 0.1) is 17.5 Å². The summed E-state index contributed by atoms with van der Waals surface area (Å²) in [7, 11) is 1.94. The number of carbonyl (C=O) groups excluding carboxylic acids is 1. The molecule has 2 aliphatic heterocycles. The summed E-state index contributed by atoms with van der Waals surface area (Å²) >= 11 is 7.55. The number of nitrogens with zero attached hydrogens (tertiary/aromatic N) is 1. The van der Waals surface area contributed by atoms with Gasteiger partial charge in [-0.1, -0.05) is 13.3 Å². The Morgan fingerprint density at radius 2 is 2.00 bits per heavy atom. The molecule has 27 heavy (non-hydrogen) atoms. The van der Waals surface area contributed by atoms with E-state index in [1.165, 1.54) is 11.8 Å². The number of aliphatic hydroxyl groups is 3. The number of likely N-dealkylation sites (N-methyl/N-ethyl adjacent to an activating group) is 1. The topological polar surface area (TPSA) is 102 Å². The van der Waals surface area contributed by atoms with Crippen molar-refractivity contribution in [3.63, 3.8) is 0 Å². The van der Waals surface area contributed by atoms with Crippen LogP contribution in [-0.2, 0) is 9.53 Å². The number of halogens is 1. The lowest BCUT2D eigenvalue weighted by molar-refractivity contribution is -0.205. The van der Waals surface area contributed by atoms with Crippen LogP contribution in [0.25, 0.3) is 0 Å². The molecule has 0 aromatic heterocycles. The molecular formula is C18H33ClN2O5S. The Bertz CT molecular complexity index is 498. The van der Waals surface area contributed by atoms with Gasteiger partial charge in [-0.05, 0) is 39.0 Å². The molecule has 0 aromatic rings. The van der Waals surface area contributed by atoms with Crippen LogP contribution in [-0.4, -0.2) is 93.3 Å². The largest absolute Gasteiger partial charge is 0.388 e. The van der Waals surface area contributed by atoms with E-state index in [1.54, 1.807) is 13.2 Å². The molecule has 9 atom stereocenters. The molecule has 9 heteroatoms. The van der Waals surface area contributed by atoms with Crippen LogP contribution in [0.1, 0.15) is 33.1 Å². The molecule has 7 nitrogen and oxygen atoms in total. The van der Waals surface area contributed by atoms with Crippen LogP contribution in [0.4, 0.5) is 0 Å². The summed E-state index contributed by atoms with van der Waals surface area (Å²) < 4.78 is 5.79. The third-order valence-corrected chi connectivity index (χ3v) is 6.76. The molecule has 2 heterocycles. The van der Waals surface area contributed by atoms with E-state index in [1.807, 2.05) is 11.9 Å². The van der Waals surface area contributed by atoms with Crippen molar-refractivity contribution in [2.45, 2.75) is 80.4 Å². The molecule has 0 radical (unpaired) electrons. The SMILES string of the molecule is CCC[C@@H]1C[C@@H](C(=O)N[C@@H](C2O[C@H](SC)[C@H](O)[C@@H](O)[C@H]2O)[C@@H](C)Cl)N(C)C1. The van der Waals surface area contributed by atoms with Crippen LogP contribution < -0.4 is 5.32 Å². The van der Waals surface area contributed by atoms with Crippen LogP contribution in [0, 0.1) is 5.92 Å². The number of alkyl halides is 1. The maximum Gasteiger partial charge on any atom is 0.237 e. The maximum atomic E-state index is 12.9. The van der Waals surface area contributed by atoms with Gasteiger partial charge in [-0.2, -0.15) is 0 Å². The van der Waals surface area contributed by atoms with Crippen molar-refractivity contribution in [2.24, 2.45) is 5.92 Å². The molecule has 0 spiro atoms. The lowest BCUT2D eigenvalue weighted by atomic mass is 9.92. The molecule has 4 N–H and O–H groups in total. The molecular weight excluding hydrogens is 392 g/mol. The van der Waals surface area contributed by atoms with Gasteiger partial charge in [0.2, 0.25) is 5.91 Å². The van der Waals surface area contributed by atoms with E-state index in [2.05, 4.69) is 12.2 Å². The minimum absolute atomic E-state index is 0.147. The standard InChI is InChI=1S/C18H33ClN2O5S/c1-5-6-10-7-11(21(3)8-10)17(25)20-12(9(2)19)16-14(23)13(22)15(24)18(26-16)27-4/h9-16,18,22-24H,5-8H2,1-4H3,(H,20,25)/t9-,10-,11+,12-,13+,14-,15-,16?,18-/m1/s1. The molecule has 1 amide bonds. The molecule has 2 fully saturated rings. The van der Waals surface area contributed by atoms with Crippen molar-refractivity contribution in [3.8, 4) is 0 Å². The summed E-state index contributed by atoms with van der Waals surface area (Å²) in [6.45, 7) is 4.74. The first kappa shape index (κ1) is 23.2. The van der Waals surface area contributed by atoms with E-state index in [4.69, 9.17) is 16.3 Å². The van der Waals surface area contributed by atoms with Gasteiger partial charge in [0.1, 0.15) is 29.9 Å². The predicted molar refractivity (Wildman–Crippen MR) is 107 cm³/mol. The number of thioether (sulfide) groups is 1. The number of ether oxygens (including phenoxy) is 1. The lowest BCUT2D eigenvalue weighted by Gasteiger charge is -2.44. The smallest absolute Gasteiger partial charge is 0.237 e. The van der Waals surface area contributed by atoms with Gasteiger partial charge in [0, 0.05) is 6.54 Å². The number of amides is 1. The first-order chi connectivity index (χ1) is 12.7. The zero-order valence-corrected chi connectivity index (χ0v) is 18.0. The highest BCUT2D eigenvalue weighted by atomic mass is 35.5. The monoisotopic (exact) mass is 424 g/mol. The number of hydrogen-bond donors (Lipinski definition) is 4. The second-order valence-electron chi connectivity index (χ2n) is 7.73. The van der Waals surface area contributed by atoms with Crippen LogP contribution in [0.3, 0.4) is 0 Å². The Labute approximate surface area is 170 Å². The summed E-state index contributed by atoms with van der Waals surface area (Å²) in [4.78, 5) is 14.9. The van der Waals surface area contributed by atoms with E-state index in [9.17, 15) is 20.1 Å². The summed E-state index contributed by atoms with van der Waals surface area (Å²) in [5, 5.41) is 33.0. The van der Waals surface area contributed by atoms with E-state index in [0.29, 0.717) is 5.92 Å². The molecule has 2 rings (SSSR count). The first-order valence-electron chi connectivity index (χ1n) is 9.58. The highest BCUT2D eigenvalue weighted by Crippen LogP contribution is 2.31. The number of rotatable bonds is 7. The van der Waals surface area contributed by atoms with Gasteiger partial charge in [-0.25, -0.2) is 0 Å². The van der Waals surface area contributed by atoms with Crippen LogP contribution >= 0.6 is 23.4 Å². The van der Waals surface area contributed by atoms with Gasteiger partial charge >= 0.3 is 0 Å². The van der Waals surface area contributed by atoms with Crippen LogP contribution in [0.5, 0.6) is 0 Å². The Hall–Kier alpha value is -0.0900. The molecule has 0 aromatic carbocycles. The fraction of sp³-hybridized carbons (Fsp3) is 0.944. The van der Waals surface area contributed by atoms with Gasteiger partial charge in [0.25, 0.3) is 0 Å². The van der Waals surface area contributed by atoms with E-state index >= 15 is 0 Å². The summed E-state index contributed by atoms with van der Waals surface area (Å²) in [5.41, 5.74) is -0.702. The average Bonchev–Trinajstić information content (AvgIpc) is 2.99. The average molecular weight is 425 g/mol. The highest BCUT2D eigenvalue weighted by molar-refractivity contribution is 7.99. The number of nitrogens with one attached hydrogen (secondary N) is 1. The molecule has 0 saturated carbocycles.